The summed E-state index contributed by atoms with van der Waals surface area (Å²) in [6, 6.07) is 11.3. The second-order valence-corrected chi connectivity index (χ2v) is 9.42. The number of piperidine rings is 1. The zero-order valence-electron chi connectivity index (χ0n) is 20.7. The number of methoxy groups -OCH3 is 1. The SMILES string of the molecule is COc1ccc2c(c1)C(=O)N(C[C@@]1(C#Cc3ccc(C(N=O)N4CCC(=O)CC4)cc3)NC(=O)NC1=O)C2. The lowest BCUT2D eigenvalue weighted by atomic mass is 9.98. The van der Waals surface area contributed by atoms with Gasteiger partial charge in [0.2, 0.25) is 5.54 Å². The van der Waals surface area contributed by atoms with Crippen LogP contribution in [0.1, 0.15) is 46.1 Å². The van der Waals surface area contributed by atoms with Gasteiger partial charge in [-0.25, -0.2) is 4.79 Å². The van der Waals surface area contributed by atoms with Crippen molar-refractivity contribution in [2.24, 2.45) is 5.18 Å². The first-order valence-electron chi connectivity index (χ1n) is 12.1. The van der Waals surface area contributed by atoms with Crippen LogP contribution in [0.2, 0.25) is 0 Å². The van der Waals surface area contributed by atoms with E-state index in [-0.39, 0.29) is 24.8 Å². The lowest BCUT2D eigenvalue weighted by molar-refractivity contribution is -0.123. The van der Waals surface area contributed by atoms with Crippen LogP contribution in [-0.2, 0) is 16.1 Å². The molecule has 0 radical (unpaired) electrons. The summed E-state index contributed by atoms with van der Waals surface area (Å²) in [6.07, 6.45) is 0.0745. The van der Waals surface area contributed by atoms with Gasteiger partial charge in [-0.05, 0) is 40.6 Å². The predicted molar refractivity (Wildman–Crippen MR) is 135 cm³/mol. The van der Waals surface area contributed by atoms with E-state index in [1.807, 2.05) is 4.90 Å². The smallest absolute Gasteiger partial charge is 0.323 e. The third-order valence-corrected chi connectivity index (χ3v) is 7.00. The third kappa shape index (κ3) is 4.73. The molecule has 0 aliphatic carbocycles. The second kappa shape index (κ2) is 10.1. The number of carbonyl (C=O) groups excluding carboxylic acids is 4. The van der Waals surface area contributed by atoms with Crippen molar-refractivity contribution in [2.75, 3.05) is 26.7 Å². The molecule has 3 aliphatic rings. The molecule has 0 bridgehead atoms. The molecule has 2 aromatic rings. The topological polar surface area (TPSA) is 137 Å². The van der Waals surface area contributed by atoms with E-state index in [4.69, 9.17) is 4.74 Å². The number of ether oxygens (including phenoxy) is 1. The van der Waals surface area contributed by atoms with Crippen LogP contribution in [0.15, 0.2) is 47.6 Å². The molecule has 3 aliphatic heterocycles. The lowest BCUT2D eigenvalue weighted by Crippen LogP contribution is -2.54. The number of benzene rings is 2. The number of imide groups is 1. The van der Waals surface area contributed by atoms with E-state index in [1.165, 1.54) is 12.0 Å². The van der Waals surface area contributed by atoms with Gasteiger partial charge in [-0.15, -0.1) is 4.91 Å². The molecule has 194 valence electrons. The molecule has 5 rings (SSSR count). The largest absolute Gasteiger partial charge is 0.497 e. The first kappa shape index (κ1) is 25.1. The zero-order chi connectivity index (χ0) is 26.9. The molecule has 11 nitrogen and oxygen atoms in total. The third-order valence-electron chi connectivity index (χ3n) is 7.00. The van der Waals surface area contributed by atoms with Crippen LogP contribution in [0.5, 0.6) is 5.75 Å². The van der Waals surface area contributed by atoms with Crippen LogP contribution >= 0.6 is 0 Å². The summed E-state index contributed by atoms with van der Waals surface area (Å²) in [5, 5.41) is 8.05. The molecule has 2 saturated heterocycles. The molecular formula is C27H25N5O6. The van der Waals surface area contributed by atoms with Gasteiger partial charge in [0.25, 0.3) is 11.8 Å². The Morgan fingerprint density at radius 1 is 1.08 bits per heavy atom. The minimum atomic E-state index is -1.63. The Labute approximate surface area is 218 Å². The molecule has 2 aromatic carbocycles. The number of likely N-dealkylation sites (tertiary alicyclic amines) is 1. The maximum atomic E-state index is 13.1. The Hall–Kier alpha value is -4.56. The van der Waals surface area contributed by atoms with Crippen LogP contribution in [0.25, 0.3) is 0 Å². The van der Waals surface area contributed by atoms with Crippen LogP contribution < -0.4 is 15.4 Å². The Balaban J connectivity index is 1.36. The number of ketones is 1. The van der Waals surface area contributed by atoms with E-state index in [9.17, 15) is 24.1 Å². The Kier molecular flexibility index (Phi) is 6.65. The van der Waals surface area contributed by atoms with Crippen molar-refractivity contribution in [3.05, 3.63) is 69.6 Å². The highest BCUT2D eigenvalue weighted by Gasteiger charge is 2.48. The lowest BCUT2D eigenvalue weighted by Gasteiger charge is -2.29. The number of hydrogen-bond acceptors (Lipinski definition) is 8. The molecular weight excluding hydrogens is 490 g/mol. The first-order chi connectivity index (χ1) is 18.3. The number of rotatable bonds is 6. The number of carbonyl (C=O) groups is 4. The van der Waals surface area contributed by atoms with Crippen molar-refractivity contribution in [1.29, 1.82) is 0 Å². The minimum absolute atomic E-state index is 0.143. The van der Waals surface area contributed by atoms with Gasteiger partial charge in [0.1, 0.15) is 11.5 Å². The number of amides is 4. The average Bonchev–Trinajstić information content (AvgIpc) is 3.38. The Morgan fingerprint density at radius 3 is 2.45 bits per heavy atom. The highest BCUT2D eigenvalue weighted by Crippen LogP contribution is 2.29. The first-order valence-corrected chi connectivity index (χ1v) is 12.1. The summed E-state index contributed by atoms with van der Waals surface area (Å²) in [5.41, 5.74) is 0.837. The summed E-state index contributed by atoms with van der Waals surface area (Å²) in [4.78, 5) is 64.4. The monoisotopic (exact) mass is 515 g/mol. The highest BCUT2D eigenvalue weighted by molar-refractivity contribution is 6.10. The van der Waals surface area contributed by atoms with Crippen LogP contribution in [-0.4, -0.2) is 65.7 Å². The number of nitroso groups, excluding NO2 is 1. The standard InChI is InChI=1S/C27H25N5O6/c1-38-21-7-6-19-15-32(24(34)22(19)14-21)16-27(25(35)28-26(36)29-27)11-8-17-2-4-18(5-3-17)23(30-37)31-12-9-20(33)10-13-31/h2-7,14,23H,9-10,12-13,15-16H2,1H3,(H2,28,29,35,36)/t23?,27-/m1/s1. The van der Waals surface area contributed by atoms with Gasteiger partial charge in [-0.2, -0.15) is 0 Å². The number of urea groups is 1. The van der Waals surface area contributed by atoms with Gasteiger partial charge in [0.05, 0.1) is 13.7 Å². The molecule has 11 heteroatoms. The minimum Gasteiger partial charge on any atom is -0.497 e. The number of fused-ring (bicyclic) bond motifs is 1. The maximum Gasteiger partial charge on any atom is 0.323 e. The summed E-state index contributed by atoms with van der Waals surface area (Å²) in [6.45, 7) is 1.07. The van der Waals surface area contributed by atoms with E-state index in [1.54, 1.807) is 42.5 Å². The fraction of sp³-hybridized carbons (Fsp3) is 0.333. The molecule has 0 spiro atoms. The van der Waals surface area contributed by atoms with Gasteiger partial charge >= 0.3 is 6.03 Å². The van der Waals surface area contributed by atoms with E-state index < -0.39 is 23.6 Å². The number of hydrogen-bond donors (Lipinski definition) is 2. The van der Waals surface area contributed by atoms with Crippen LogP contribution in [0.4, 0.5) is 4.79 Å². The van der Waals surface area contributed by atoms with Gasteiger partial charge in [0, 0.05) is 43.6 Å². The van der Waals surface area contributed by atoms with Crippen molar-refractivity contribution < 1.29 is 23.9 Å². The Morgan fingerprint density at radius 2 is 1.82 bits per heavy atom. The molecule has 1 unspecified atom stereocenters. The molecule has 2 atom stereocenters. The highest BCUT2D eigenvalue weighted by atomic mass is 16.5. The maximum absolute atomic E-state index is 13.1. The van der Waals surface area contributed by atoms with E-state index in [0.717, 1.165) is 5.56 Å². The number of nitrogens with zero attached hydrogens (tertiary/aromatic N) is 3. The number of Topliss-reactive ketones (excluding diaryl/α,β-unsaturated/α-hetero) is 1. The van der Waals surface area contributed by atoms with E-state index >= 15 is 0 Å². The summed E-state index contributed by atoms with van der Waals surface area (Å²) < 4.78 is 5.21. The fourth-order valence-electron chi connectivity index (χ4n) is 4.89. The van der Waals surface area contributed by atoms with Crippen molar-refractivity contribution in [3.63, 3.8) is 0 Å². The molecule has 2 fully saturated rings. The van der Waals surface area contributed by atoms with Crippen LogP contribution in [0, 0.1) is 16.7 Å². The number of nitrogens with one attached hydrogen (secondary N) is 2. The fourth-order valence-corrected chi connectivity index (χ4v) is 4.89. The van der Waals surface area contributed by atoms with Gasteiger partial charge in [0.15, 0.2) is 6.17 Å². The van der Waals surface area contributed by atoms with Crippen molar-refractivity contribution in [3.8, 4) is 17.6 Å². The average molecular weight is 516 g/mol. The van der Waals surface area contributed by atoms with Crippen molar-refractivity contribution >= 4 is 23.6 Å². The summed E-state index contributed by atoms with van der Waals surface area (Å²) >= 11 is 0. The molecule has 38 heavy (non-hydrogen) atoms. The molecule has 4 amide bonds. The zero-order valence-corrected chi connectivity index (χ0v) is 20.7. The van der Waals surface area contributed by atoms with E-state index in [0.29, 0.717) is 48.4 Å². The van der Waals surface area contributed by atoms with Gasteiger partial charge < -0.3 is 15.0 Å². The molecule has 2 N–H and O–H groups in total. The molecule has 0 aromatic heterocycles. The van der Waals surface area contributed by atoms with Gasteiger partial charge in [-0.3, -0.25) is 24.6 Å². The van der Waals surface area contributed by atoms with Crippen molar-refractivity contribution in [2.45, 2.75) is 31.1 Å². The molecule has 0 saturated carbocycles. The summed E-state index contributed by atoms with van der Waals surface area (Å²) in [7, 11) is 1.51. The Bertz CT molecular complexity index is 1380. The van der Waals surface area contributed by atoms with Crippen LogP contribution in [0.3, 0.4) is 0 Å². The normalized spacial score (nSPS) is 21.8. The molecule has 3 heterocycles. The summed E-state index contributed by atoms with van der Waals surface area (Å²) in [5.74, 6) is 5.59. The quantitative estimate of drug-likeness (QED) is 0.339. The predicted octanol–water partition coefficient (Wildman–Crippen LogP) is 1.71. The van der Waals surface area contributed by atoms with E-state index in [2.05, 4.69) is 27.7 Å². The van der Waals surface area contributed by atoms with Gasteiger partial charge in [-0.1, -0.05) is 30.0 Å². The second-order valence-electron chi connectivity index (χ2n) is 9.42. The van der Waals surface area contributed by atoms with Crippen molar-refractivity contribution in [1.82, 2.24) is 20.4 Å².